The third-order valence-electron chi connectivity index (χ3n) is 4.18. The lowest BCUT2D eigenvalue weighted by Gasteiger charge is -2.17. The molecule has 0 saturated heterocycles. The average Bonchev–Trinajstić information content (AvgIpc) is 3.23. The minimum Gasteiger partial charge on any atom is -0.357 e. The molecule has 0 aliphatic rings. The molecule has 146 valence electrons. The van der Waals surface area contributed by atoms with Crippen LogP contribution in [0, 0.1) is 0 Å². The molecule has 0 aliphatic heterocycles. The number of aliphatic imine (C=N–C) groups is 1. The van der Waals surface area contributed by atoms with Crippen molar-refractivity contribution in [1.29, 1.82) is 0 Å². The van der Waals surface area contributed by atoms with Gasteiger partial charge in [0.25, 0.3) is 0 Å². The summed E-state index contributed by atoms with van der Waals surface area (Å²) in [7, 11) is 1.81. The van der Waals surface area contributed by atoms with Gasteiger partial charge in [0.05, 0.1) is 0 Å². The topological polar surface area (TPSA) is 69.6 Å². The molecule has 0 fully saturated rings. The zero-order valence-electron chi connectivity index (χ0n) is 16.3. The third kappa shape index (κ3) is 7.38. The van der Waals surface area contributed by atoms with Gasteiger partial charge in [-0.1, -0.05) is 19.1 Å². The summed E-state index contributed by atoms with van der Waals surface area (Å²) in [5.74, 6) is 1.06. The number of rotatable bonds is 9. The van der Waals surface area contributed by atoms with E-state index in [1.807, 2.05) is 25.1 Å². The van der Waals surface area contributed by atoms with Crippen LogP contribution in [0.5, 0.6) is 0 Å². The summed E-state index contributed by atoms with van der Waals surface area (Å²) in [6.45, 7) is 6.48. The first-order chi connectivity index (χ1) is 13.1. The second kappa shape index (κ2) is 11.3. The molecule has 2 aromatic heterocycles. The highest BCUT2D eigenvalue weighted by Gasteiger charge is 2.10. The number of carbonyl (C=O) groups is 1. The molecule has 0 aliphatic carbocycles. The van der Waals surface area contributed by atoms with E-state index in [1.54, 1.807) is 29.5 Å². The Morgan fingerprint density at radius 2 is 2.15 bits per heavy atom. The van der Waals surface area contributed by atoms with E-state index in [9.17, 15) is 4.79 Å². The SMILES string of the molecule is CCNC(=NCC(=O)N(C)CCc1ccccn1)NCC(C)c1cccs1. The lowest BCUT2D eigenvalue weighted by Crippen LogP contribution is -2.40. The zero-order chi connectivity index (χ0) is 19.5. The maximum Gasteiger partial charge on any atom is 0.244 e. The first-order valence-electron chi connectivity index (χ1n) is 9.29. The van der Waals surface area contributed by atoms with Crippen molar-refractivity contribution >= 4 is 23.2 Å². The van der Waals surface area contributed by atoms with Gasteiger partial charge in [0.2, 0.25) is 5.91 Å². The Balaban J connectivity index is 1.80. The highest BCUT2D eigenvalue weighted by molar-refractivity contribution is 7.10. The van der Waals surface area contributed by atoms with Crippen LogP contribution in [0.1, 0.15) is 30.3 Å². The summed E-state index contributed by atoms with van der Waals surface area (Å²) in [5, 5.41) is 8.61. The Hall–Kier alpha value is -2.41. The number of nitrogens with zero attached hydrogens (tertiary/aromatic N) is 3. The van der Waals surface area contributed by atoms with Gasteiger partial charge in [-0.25, -0.2) is 4.99 Å². The number of pyridine rings is 1. The molecular formula is C20H29N5OS. The first kappa shape index (κ1) is 20.9. The molecule has 2 heterocycles. The van der Waals surface area contributed by atoms with Crippen molar-refractivity contribution < 1.29 is 4.79 Å². The van der Waals surface area contributed by atoms with E-state index in [1.165, 1.54) is 4.88 Å². The van der Waals surface area contributed by atoms with Crippen molar-refractivity contribution in [3.05, 3.63) is 52.5 Å². The van der Waals surface area contributed by atoms with Gasteiger partial charge in [0, 0.05) is 55.8 Å². The summed E-state index contributed by atoms with van der Waals surface area (Å²) >= 11 is 1.76. The molecular weight excluding hydrogens is 358 g/mol. The van der Waals surface area contributed by atoms with E-state index in [-0.39, 0.29) is 12.5 Å². The van der Waals surface area contributed by atoms with Crippen LogP contribution < -0.4 is 10.6 Å². The highest BCUT2D eigenvalue weighted by atomic mass is 32.1. The molecule has 1 atom stereocenters. The second-order valence-electron chi connectivity index (χ2n) is 6.38. The van der Waals surface area contributed by atoms with Crippen LogP contribution in [-0.2, 0) is 11.2 Å². The molecule has 0 saturated carbocycles. The Labute approximate surface area is 165 Å². The smallest absolute Gasteiger partial charge is 0.244 e. The monoisotopic (exact) mass is 387 g/mol. The molecule has 0 spiro atoms. The van der Waals surface area contributed by atoms with Crippen LogP contribution in [-0.4, -0.2) is 55.0 Å². The number of guanidine groups is 1. The van der Waals surface area contributed by atoms with Crippen LogP contribution >= 0.6 is 11.3 Å². The quantitative estimate of drug-likeness (QED) is 0.512. The van der Waals surface area contributed by atoms with Gasteiger partial charge in [-0.2, -0.15) is 0 Å². The van der Waals surface area contributed by atoms with Gasteiger partial charge in [-0.15, -0.1) is 11.3 Å². The van der Waals surface area contributed by atoms with E-state index >= 15 is 0 Å². The zero-order valence-corrected chi connectivity index (χ0v) is 17.1. The third-order valence-corrected chi connectivity index (χ3v) is 5.28. The fourth-order valence-electron chi connectivity index (χ4n) is 2.48. The predicted molar refractivity (Wildman–Crippen MR) is 112 cm³/mol. The van der Waals surface area contributed by atoms with Gasteiger partial charge in [0.1, 0.15) is 6.54 Å². The number of likely N-dealkylation sites (N-methyl/N-ethyl adjacent to an activating group) is 1. The molecule has 0 bridgehead atoms. The first-order valence-corrected chi connectivity index (χ1v) is 10.2. The Bertz CT molecular complexity index is 702. The van der Waals surface area contributed by atoms with Crippen molar-refractivity contribution in [1.82, 2.24) is 20.5 Å². The maximum atomic E-state index is 12.3. The second-order valence-corrected chi connectivity index (χ2v) is 7.36. The lowest BCUT2D eigenvalue weighted by atomic mass is 10.1. The Kier molecular flexibility index (Phi) is 8.77. The number of nitrogens with one attached hydrogen (secondary N) is 2. The highest BCUT2D eigenvalue weighted by Crippen LogP contribution is 2.19. The van der Waals surface area contributed by atoms with Crippen molar-refractivity contribution in [3.63, 3.8) is 0 Å². The van der Waals surface area contributed by atoms with Crippen molar-refractivity contribution in [2.45, 2.75) is 26.2 Å². The van der Waals surface area contributed by atoms with Crippen LogP contribution in [0.4, 0.5) is 0 Å². The van der Waals surface area contributed by atoms with Gasteiger partial charge < -0.3 is 15.5 Å². The van der Waals surface area contributed by atoms with Crippen molar-refractivity contribution in [2.24, 2.45) is 4.99 Å². The van der Waals surface area contributed by atoms with Crippen LogP contribution in [0.15, 0.2) is 46.9 Å². The number of amides is 1. The summed E-state index contributed by atoms with van der Waals surface area (Å²) in [5.41, 5.74) is 0.984. The Morgan fingerprint density at radius 3 is 2.81 bits per heavy atom. The molecule has 1 amide bonds. The molecule has 0 aromatic carbocycles. The van der Waals surface area contributed by atoms with E-state index < -0.39 is 0 Å². The number of hydrogen-bond donors (Lipinski definition) is 2. The fourth-order valence-corrected chi connectivity index (χ4v) is 3.27. The summed E-state index contributed by atoms with van der Waals surface area (Å²) in [6, 6.07) is 10.0. The van der Waals surface area contributed by atoms with Crippen LogP contribution in [0.25, 0.3) is 0 Å². The van der Waals surface area contributed by atoms with Gasteiger partial charge in [-0.05, 0) is 30.5 Å². The van der Waals surface area contributed by atoms with Gasteiger partial charge in [-0.3, -0.25) is 9.78 Å². The molecule has 6 nitrogen and oxygen atoms in total. The summed E-state index contributed by atoms with van der Waals surface area (Å²) in [6.07, 6.45) is 2.51. The normalized spacial score (nSPS) is 12.5. The fraction of sp³-hybridized carbons (Fsp3) is 0.450. The molecule has 2 N–H and O–H groups in total. The summed E-state index contributed by atoms with van der Waals surface area (Å²) in [4.78, 5) is 24.1. The number of carbonyl (C=O) groups excluding carboxylic acids is 1. The standard InChI is InChI=1S/C20H29N5OS/c1-4-21-20(23-14-16(2)18-9-7-13-27-18)24-15-19(26)25(3)12-10-17-8-5-6-11-22-17/h5-9,11,13,16H,4,10,12,14-15H2,1-3H3,(H2,21,23,24). The molecule has 27 heavy (non-hydrogen) atoms. The Morgan fingerprint density at radius 1 is 1.30 bits per heavy atom. The van der Waals surface area contributed by atoms with Crippen LogP contribution in [0.3, 0.4) is 0 Å². The summed E-state index contributed by atoms with van der Waals surface area (Å²) < 4.78 is 0. The number of thiophene rings is 1. The van der Waals surface area contributed by atoms with E-state index in [4.69, 9.17) is 0 Å². The van der Waals surface area contributed by atoms with E-state index in [0.29, 0.717) is 18.4 Å². The molecule has 7 heteroatoms. The van der Waals surface area contributed by atoms with Crippen LogP contribution in [0.2, 0.25) is 0 Å². The molecule has 1 unspecified atom stereocenters. The molecule has 0 radical (unpaired) electrons. The number of aromatic nitrogens is 1. The minimum atomic E-state index is -0.00515. The minimum absolute atomic E-state index is 0.00515. The number of hydrogen-bond acceptors (Lipinski definition) is 4. The lowest BCUT2D eigenvalue weighted by molar-refractivity contribution is -0.128. The average molecular weight is 388 g/mol. The maximum absolute atomic E-state index is 12.3. The van der Waals surface area contributed by atoms with Crippen molar-refractivity contribution in [3.8, 4) is 0 Å². The largest absolute Gasteiger partial charge is 0.357 e. The van der Waals surface area contributed by atoms with Crippen molar-refractivity contribution in [2.75, 3.05) is 33.2 Å². The van der Waals surface area contributed by atoms with E-state index in [0.717, 1.165) is 25.2 Å². The molecule has 2 aromatic rings. The van der Waals surface area contributed by atoms with E-state index in [2.05, 4.69) is 45.0 Å². The molecule has 2 rings (SSSR count). The van der Waals surface area contributed by atoms with Gasteiger partial charge in [0.15, 0.2) is 5.96 Å². The predicted octanol–water partition coefficient (Wildman–Crippen LogP) is 2.50. The van der Waals surface area contributed by atoms with Gasteiger partial charge >= 0.3 is 0 Å².